The van der Waals surface area contributed by atoms with E-state index < -0.39 is 5.97 Å². The Hall–Kier alpha value is -2.24. The van der Waals surface area contributed by atoms with Crippen molar-refractivity contribution < 1.29 is 14.7 Å². The topological polar surface area (TPSA) is 95.7 Å². The Labute approximate surface area is 117 Å². The number of nitrogen functional groups attached to an aromatic ring is 1. The van der Waals surface area contributed by atoms with Crippen LogP contribution in [0.15, 0.2) is 18.2 Å². The second kappa shape index (κ2) is 5.81. The van der Waals surface area contributed by atoms with Gasteiger partial charge < -0.3 is 21.1 Å². The molecule has 1 atom stereocenters. The average molecular weight is 277 g/mol. The van der Waals surface area contributed by atoms with Gasteiger partial charge in [-0.2, -0.15) is 0 Å². The van der Waals surface area contributed by atoms with Crippen molar-refractivity contribution in [3.63, 3.8) is 0 Å². The van der Waals surface area contributed by atoms with Crippen molar-refractivity contribution in [3.05, 3.63) is 23.8 Å². The number of hydrogen-bond donors (Lipinski definition) is 3. The van der Waals surface area contributed by atoms with Gasteiger partial charge in [0.1, 0.15) is 6.04 Å². The lowest BCUT2D eigenvalue weighted by Gasteiger charge is -2.22. The van der Waals surface area contributed by atoms with E-state index in [1.165, 1.54) is 12.1 Å². The number of carboxylic acid groups (broad SMARTS) is 1. The minimum Gasteiger partial charge on any atom is -0.478 e. The van der Waals surface area contributed by atoms with Crippen LogP contribution in [0.1, 0.15) is 30.1 Å². The van der Waals surface area contributed by atoms with Gasteiger partial charge in [-0.1, -0.05) is 0 Å². The standard InChI is InChI=1S/C14H19N3O3/c1-9(13(18)17-6-2-3-7-17)16-10-4-5-11(14(19)20)12(15)8-10/h4-5,8-9,16H,2-3,6-7,15H2,1H3,(H,19,20). The summed E-state index contributed by atoms with van der Waals surface area (Å²) in [4.78, 5) is 24.9. The third-order valence-corrected chi connectivity index (χ3v) is 3.45. The second-order valence-corrected chi connectivity index (χ2v) is 5.01. The predicted molar refractivity (Wildman–Crippen MR) is 76.7 cm³/mol. The van der Waals surface area contributed by atoms with Crippen LogP contribution in [0.3, 0.4) is 0 Å². The van der Waals surface area contributed by atoms with Gasteiger partial charge in [0.05, 0.1) is 5.56 Å². The molecule has 1 heterocycles. The van der Waals surface area contributed by atoms with Crippen molar-refractivity contribution in [1.82, 2.24) is 4.90 Å². The molecule has 6 heteroatoms. The van der Waals surface area contributed by atoms with Gasteiger partial charge in [-0.05, 0) is 38.0 Å². The first-order valence-corrected chi connectivity index (χ1v) is 6.67. The molecule has 1 aliphatic heterocycles. The Morgan fingerprint density at radius 1 is 1.35 bits per heavy atom. The molecule has 2 rings (SSSR count). The summed E-state index contributed by atoms with van der Waals surface area (Å²) < 4.78 is 0. The third-order valence-electron chi connectivity index (χ3n) is 3.45. The predicted octanol–water partition coefficient (Wildman–Crippen LogP) is 1.39. The lowest BCUT2D eigenvalue weighted by Crippen LogP contribution is -2.39. The fraction of sp³-hybridized carbons (Fsp3) is 0.429. The first kappa shape index (κ1) is 14.2. The maximum Gasteiger partial charge on any atom is 0.337 e. The maximum atomic E-state index is 12.1. The molecule has 1 aromatic rings. The molecular formula is C14H19N3O3. The fourth-order valence-corrected chi connectivity index (χ4v) is 2.37. The zero-order valence-electron chi connectivity index (χ0n) is 11.4. The molecule has 1 saturated heterocycles. The van der Waals surface area contributed by atoms with E-state index >= 15 is 0 Å². The molecule has 0 bridgehead atoms. The van der Waals surface area contributed by atoms with Gasteiger partial charge in [0.15, 0.2) is 0 Å². The first-order chi connectivity index (χ1) is 9.49. The molecule has 0 spiro atoms. The Bertz CT molecular complexity index is 524. The Kier molecular flexibility index (Phi) is 4.12. The van der Waals surface area contributed by atoms with Crippen LogP contribution in [0.4, 0.5) is 11.4 Å². The molecule has 0 radical (unpaired) electrons. The highest BCUT2D eigenvalue weighted by molar-refractivity contribution is 5.94. The van der Waals surface area contributed by atoms with Gasteiger partial charge >= 0.3 is 5.97 Å². The molecule has 1 aliphatic rings. The SMILES string of the molecule is CC(Nc1ccc(C(=O)O)c(N)c1)C(=O)N1CCCC1. The first-order valence-electron chi connectivity index (χ1n) is 6.67. The summed E-state index contributed by atoms with van der Waals surface area (Å²) in [6.07, 6.45) is 2.11. The summed E-state index contributed by atoms with van der Waals surface area (Å²) in [5.74, 6) is -1.00. The number of nitrogens with one attached hydrogen (secondary N) is 1. The van der Waals surface area contributed by atoms with Crippen LogP contribution in [0.2, 0.25) is 0 Å². The van der Waals surface area contributed by atoms with E-state index in [-0.39, 0.29) is 23.2 Å². The van der Waals surface area contributed by atoms with Crippen LogP contribution >= 0.6 is 0 Å². The number of nitrogens with two attached hydrogens (primary N) is 1. The Morgan fingerprint density at radius 3 is 2.55 bits per heavy atom. The normalized spacial score (nSPS) is 15.9. The monoisotopic (exact) mass is 277 g/mol. The van der Waals surface area contributed by atoms with Gasteiger partial charge in [0.2, 0.25) is 5.91 Å². The number of rotatable bonds is 4. The van der Waals surface area contributed by atoms with Crippen molar-refractivity contribution in [2.75, 3.05) is 24.1 Å². The molecule has 0 saturated carbocycles. The summed E-state index contributed by atoms with van der Waals surface area (Å²) in [7, 11) is 0. The molecule has 1 aromatic carbocycles. The minimum atomic E-state index is -1.06. The zero-order chi connectivity index (χ0) is 14.7. The van der Waals surface area contributed by atoms with Crippen molar-refractivity contribution >= 4 is 23.3 Å². The van der Waals surface area contributed by atoms with Crippen LogP contribution in [0.25, 0.3) is 0 Å². The highest BCUT2D eigenvalue weighted by atomic mass is 16.4. The van der Waals surface area contributed by atoms with Gasteiger partial charge in [-0.15, -0.1) is 0 Å². The van der Waals surface area contributed by atoms with Gasteiger partial charge in [-0.3, -0.25) is 4.79 Å². The van der Waals surface area contributed by atoms with Crippen LogP contribution < -0.4 is 11.1 Å². The fourth-order valence-electron chi connectivity index (χ4n) is 2.37. The lowest BCUT2D eigenvalue weighted by molar-refractivity contribution is -0.130. The third kappa shape index (κ3) is 3.01. The van der Waals surface area contributed by atoms with Crippen LogP contribution in [0.5, 0.6) is 0 Å². The highest BCUT2D eigenvalue weighted by Crippen LogP contribution is 2.19. The second-order valence-electron chi connectivity index (χ2n) is 5.01. The molecule has 0 aromatic heterocycles. The summed E-state index contributed by atoms with van der Waals surface area (Å²) in [6, 6.07) is 4.24. The number of carbonyl (C=O) groups excluding carboxylic acids is 1. The number of benzene rings is 1. The highest BCUT2D eigenvalue weighted by Gasteiger charge is 2.23. The molecular weight excluding hydrogens is 258 g/mol. The van der Waals surface area contributed by atoms with Crippen LogP contribution in [-0.4, -0.2) is 41.0 Å². The average Bonchev–Trinajstić information content (AvgIpc) is 2.91. The quantitative estimate of drug-likeness (QED) is 0.723. The molecule has 0 aliphatic carbocycles. The van der Waals surface area contributed by atoms with Crippen molar-refractivity contribution in [2.24, 2.45) is 0 Å². The van der Waals surface area contributed by atoms with Crippen LogP contribution in [0, 0.1) is 0 Å². The van der Waals surface area contributed by atoms with Crippen LogP contribution in [-0.2, 0) is 4.79 Å². The Morgan fingerprint density at radius 2 is 2.00 bits per heavy atom. The molecule has 1 fully saturated rings. The zero-order valence-corrected chi connectivity index (χ0v) is 11.4. The minimum absolute atomic E-state index is 0.0587. The molecule has 108 valence electrons. The number of hydrogen-bond acceptors (Lipinski definition) is 4. The number of anilines is 2. The summed E-state index contributed by atoms with van der Waals surface area (Å²) >= 11 is 0. The van der Waals surface area contributed by atoms with Crippen molar-refractivity contribution in [1.29, 1.82) is 0 Å². The van der Waals surface area contributed by atoms with E-state index in [2.05, 4.69) is 5.32 Å². The number of carboxylic acids is 1. The number of likely N-dealkylation sites (tertiary alicyclic amines) is 1. The molecule has 6 nitrogen and oxygen atoms in total. The van der Waals surface area contributed by atoms with E-state index in [9.17, 15) is 9.59 Å². The molecule has 20 heavy (non-hydrogen) atoms. The summed E-state index contributed by atoms with van der Waals surface area (Å²) in [6.45, 7) is 3.41. The van der Waals surface area contributed by atoms with Crippen molar-refractivity contribution in [3.8, 4) is 0 Å². The van der Waals surface area contributed by atoms with Gasteiger partial charge in [0, 0.05) is 24.5 Å². The summed E-state index contributed by atoms with van der Waals surface area (Å²) in [5, 5.41) is 12.0. The van der Waals surface area contributed by atoms with E-state index in [0.717, 1.165) is 25.9 Å². The van der Waals surface area contributed by atoms with Crippen molar-refractivity contribution in [2.45, 2.75) is 25.8 Å². The summed E-state index contributed by atoms with van der Waals surface area (Å²) in [5.41, 5.74) is 6.57. The largest absolute Gasteiger partial charge is 0.478 e. The van der Waals surface area contributed by atoms with E-state index in [0.29, 0.717) is 5.69 Å². The molecule has 1 unspecified atom stereocenters. The molecule has 4 N–H and O–H groups in total. The van der Waals surface area contributed by atoms with E-state index in [1.807, 2.05) is 4.90 Å². The van der Waals surface area contributed by atoms with E-state index in [1.54, 1.807) is 13.0 Å². The smallest absolute Gasteiger partial charge is 0.337 e. The number of nitrogens with zero attached hydrogens (tertiary/aromatic N) is 1. The number of carbonyl (C=O) groups is 2. The Balaban J connectivity index is 2.04. The number of aromatic carboxylic acids is 1. The number of amides is 1. The van der Waals surface area contributed by atoms with Gasteiger partial charge in [-0.25, -0.2) is 4.79 Å². The van der Waals surface area contributed by atoms with E-state index in [4.69, 9.17) is 10.8 Å². The lowest BCUT2D eigenvalue weighted by atomic mass is 10.1. The van der Waals surface area contributed by atoms with Gasteiger partial charge in [0.25, 0.3) is 0 Å². The molecule has 1 amide bonds. The maximum absolute atomic E-state index is 12.1.